The van der Waals surface area contributed by atoms with Gasteiger partial charge in [-0.3, -0.25) is 4.79 Å². The van der Waals surface area contributed by atoms with Gasteiger partial charge in [0.1, 0.15) is 6.61 Å². The van der Waals surface area contributed by atoms with Gasteiger partial charge in [-0.25, -0.2) is 0 Å². The van der Waals surface area contributed by atoms with Crippen LogP contribution in [0.15, 0.2) is 0 Å². The molecule has 2 fully saturated rings. The van der Waals surface area contributed by atoms with Crippen molar-refractivity contribution in [3.05, 3.63) is 0 Å². The third-order valence-corrected chi connectivity index (χ3v) is 3.69. The third kappa shape index (κ3) is 3.29. The molecular weight excluding hydrogens is 216 g/mol. The topological polar surface area (TPSA) is 35.5 Å². The molecule has 0 aromatic heterocycles. The lowest BCUT2D eigenvalue weighted by Gasteiger charge is -2.57. The second kappa shape index (κ2) is 4.36. The van der Waals surface area contributed by atoms with E-state index in [2.05, 4.69) is 20.8 Å². The number of hydrogen-bond acceptors (Lipinski definition) is 3. The van der Waals surface area contributed by atoms with E-state index in [1.165, 1.54) is 12.8 Å². The van der Waals surface area contributed by atoms with Gasteiger partial charge in [0, 0.05) is 0 Å². The van der Waals surface area contributed by atoms with Crippen LogP contribution < -0.4 is 0 Å². The van der Waals surface area contributed by atoms with E-state index in [1.807, 2.05) is 0 Å². The van der Waals surface area contributed by atoms with Crippen LogP contribution in [0.25, 0.3) is 0 Å². The summed E-state index contributed by atoms with van der Waals surface area (Å²) in [6.07, 6.45) is 5.32. The molecule has 0 aliphatic heterocycles. The van der Waals surface area contributed by atoms with Crippen molar-refractivity contribution in [2.75, 3.05) is 6.61 Å². The zero-order valence-corrected chi connectivity index (χ0v) is 11.4. The molecule has 0 radical (unpaired) electrons. The fraction of sp³-hybridized carbons (Fsp3) is 0.929. The number of ketones is 1. The molecule has 2 saturated carbocycles. The minimum atomic E-state index is -0.0272. The van der Waals surface area contributed by atoms with Crippen molar-refractivity contribution in [2.24, 2.45) is 5.41 Å². The average Bonchev–Trinajstić information content (AvgIpc) is 2.02. The Bertz CT molecular complexity index is 289. The van der Waals surface area contributed by atoms with Crippen LogP contribution in [0.5, 0.6) is 0 Å². The summed E-state index contributed by atoms with van der Waals surface area (Å²) in [7, 11) is 0. The molecule has 2 aliphatic rings. The Hall–Kier alpha value is -0.410. The standard InChI is InChI=1S/C14H24O3/c1-10(15)9-16-11-5-14(6-11)7-12(8-14)17-13(2,3)4/h11-12H,5-9H2,1-4H3. The van der Waals surface area contributed by atoms with Crippen LogP contribution in [-0.2, 0) is 14.3 Å². The molecule has 0 saturated heterocycles. The highest BCUT2D eigenvalue weighted by atomic mass is 16.5. The van der Waals surface area contributed by atoms with Gasteiger partial charge in [-0.05, 0) is 58.8 Å². The normalized spacial score (nSPS) is 36.5. The molecule has 3 heteroatoms. The summed E-state index contributed by atoms with van der Waals surface area (Å²) in [4.78, 5) is 10.8. The van der Waals surface area contributed by atoms with Gasteiger partial charge in [0.05, 0.1) is 17.8 Å². The van der Waals surface area contributed by atoms with E-state index >= 15 is 0 Å². The highest BCUT2D eigenvalue weighted by Gasteiger charge is 2.54. The van der Waals surface area contributed by atoms with E-state index in [4.69, 9.17) is 9.47 Å². The first-order chi connectivity index (χ1) is 7.78. The Kier molecular flexibility index (Phi) is 3.34. The molecule has 0 unspecified atom stereocenters. The molecule has 0 atom stereocenters. The number of rotatable bonds is 4. The highest BCUT2D eigenvalue weighted by Crippen LogP contribution is 2.58. The van der Waals surface area contributed by atoms with Crippen LogP contribution in [0.1, 0.15) is 53.4 Å². The van der Waals surface area contributed by atoms with Crippen LogP contribution in [0.4, 0.5) is 0 Å². The monoisotopic (exact) mass is 240 g/mol. The van der Waals surface area contributed by atoms with Crippen molar-refractivity contribution in [1.29, 1.82) is 0 Å². The molecule has 0 heterocycles. The molecule has 2 aliphatic carbocycles. The van der Waals surface area contributed by atoms with E-state index in [1.54, 1.807) is 6.92 Å². The maximum absolute atomic E-state index is 10.8. The Balaban J connectivity index is 1.63. The molecule has 1 spiro atoms. The fourth-order valence-corrected chi connectivity index (χ4v) is 3.08. The largest absolute Gasteiger partial charge is 0.373 e. The van der Waals surface area contributed by atoms with Crippen molar-refractivity contribution in [1.82, 2.24) is 0 Å². The summed E-state index contributed by atoms with van der Waals surface area (Å²) >= 11 is 0. The number of carbonyl (C=O) groups is 1. The van der Waals surface area contributed by atoms with Gasteiger partial charge in [0.25, 0.3) is 0 Å². The van der Waals surface area contributed by atoms with Crippen molar-refractivity contribution < 1.29 is 14.3 Å². The number of Topliss-reactive ketones (excluding diaryl/α,β-unsaturated/α-hetero) is 1. The van der Waals surface area contributed by atoms with Crippen LogP contribution >= 0.6 is 0 Å². The first kappa shape index (κ1) is 13.0. The number of carbonyl (C=O) groups excluding carboxylic acids is 1. The molecule has 0 aromatic carbocycles. The summed E-state index contributed by atoms with van der Waals surface area (Å²) in [6, 6.07) is 0. The van der Waals surface area contributed by atoms with Gasteiger partial charge in [-0.1, -0.05) is 0 Å². The Morgan fingerprint density at radius 2 is 1.71 bits per heavy atom. The van der Waals surface area contributed by atoms with E-state index in [9.17, 15) is 4.79 Å². The summed E-state index contributed by atoms with van der Waals surface area (Å²) < 4.78 is 11.5. The lowest BCUT2D eigenvalue weighted by atomic mass is 9.53. The van der Waals surface area contributed by atoms with Crippen molar-refractivity contribution in [2.45, 2.75) is 71.2 Å². The second-order valence-corrected chi connectivity index (χ2v) is 6.80. The molecule has 98 valence electrons. The summed E-state index contributed by atoms with van der Waals surface area (Å²) in [5, 5.41) is 0. The lowest BCUT2D eigenvalue weighted by molar-refractivity contribution is -0.201. The van der Waals surface area contributed by atoms with Crippen molar-refractivity contribution in [3.63, 3.8) is 0 Å². The molecule has 3 nitrogen and oxygen atoms in total. The van der Waals surface area contributed by atoms with Crippen LogP contribution in [0.2, 0.25) is 0 Å². The third-order valence-electron chi connectivity index (χ3n) is 3.69. The SMILES string of the molecule is CC(=O)COC1CC2(C1)CC(OC(C)(C)C)C2. The predicted molar refractivity (Wildman–Crippen MR) is 65.9 cm³/mol. The molecule has 0 amide bonds. The van der Waals surface area contributed by atoms with E-state index in [-0.39, 0.29) is 18.0 Å². The quantitative estimate of drug-likeness (QED) is 0.758. The molecule has 0 bridgehead atoms. The zero-order valence-electron chi connectivity index (χ0n) is 11.4. The molecule has 17 heavy (non-hydrogen) atoms. The molecule has 0 aromatic rings. The van der Waals surface area contributed by atoms with Crippen LogP contribution in [0.3, 0.4) is 0 Å². The Morgan fingerprint density at radius 1 is 1.18 bits per heavy atom. The molecule has 0 N–H and O–H groups in total. The first-order valence-corrected chi connectivity index (χ1v) is 6.57. The van der Waals surface area contributed by atoms with Gasteiger partial charge < -0.3 is 9.47 Å². The summed E-state index contributed by atoms with van der Waals surface area (Å²) in [5.74, 6) is 0.119. The van der Waals surface area contributed by atoms with Crippen molar-refractivity contribution in [3.8, 4) is 0 Å². The van der Waals surface area contributed by atoms with Crippen LogP contribution in [-0.4, -0.2) is 30.2 Å². The Labute approximate surface area is 104 Å². The van der Waals surface area contributed by atoms with Gasteiger partial charge in [-0.15, -0.1) is 0 Å². The maximum atomic E-state index is 10.8. The van der Waals surface area contributed by atoms with Gasteiger partial charge in [0.15, 0.2) is 5.78 Å². The highest BCUT2D eigenvalue weighted by molar-refractivity contribution is 5.76. The maximum Gasteiger partial charge on any atom is 0.155 e. The lowest BCUT2D eigenvalue weighted by Crippen LogP contribution is -2.55. The first-order valence-electron chi connectivity index (χ1n) is 6.57. The minimum Gasteiger partial charge on any atom is -0.373 e. The minimum absolute atomic E-state index is 0.0272. The number of ether oxygens (including phenoxy) is 2. The van der Waals surface area contributed by atoms with Gasteiger partial charge >= 0.3 is 0 Å². The zero-order chi connectivity index (χ0) is 12.7. The second-order valence-electron chi connectivity index (χ2n) is 6.80. The van der Waals surface area contributed by atoms with Gasteiger partial charge in [-0.2, -0.15) is 0 Å². The van der Waals surface area contributed by atoms with Crippen LogP contribution in [0, 0.1) is 5.41 Å². The summed E-state index contributed by atoms with van der Waals surface area (Å²) in [6.45, 7) is 8.18. The Morgan fingerprint density at radius 3 is 2.18 bits per heavy atom. The van der Waals surface area contributed by atoms with Crippen molar-refractivity contribution >= 4 is 5.78 Å². The fourth-order valence-electron chi connectivity index (χ4n) is 3.08. The predicted octanol–water partition coefficient (Wildman–Crippen LogP) is 2.72. The molecule has 2 rings (SSSR count). The smallest absolute Gasteiger partial charge is 0.155 e. The van der Waals surface area contributed by atoms with Gasteiger partial charge in [0.2, 0.25) is 0 Å². The molecular formula is C14H24O3. The van der Waals surface area contributed by atoms with E-state index < -0.39 is 0 Å². The summed E-state index contributed by atoms with van der Waals surface area (Å²) in [5.41, 5.74) is 0.456. The number of hydrogen-bond donors (Lipinski definition) is 0. The van der Waals surface area contributed by atoms with E-state index in [0.29, 0.717) is 17.6 Å². The average molecular weight is 240 g/mol. The van der Waals surface area contributed by atoms with E-state index in [0.717, 1.165) is 12.8 Å².